The third kappa shape index (κ3) is 5.56. The highest BCUT2D eigenvalue weighted by Crippen LogP contribution is 2.32. The molecule has 0 aliphatic carbocycles. The van der Waals surface area contributed by atoms with Gasteiger partial charge in [0.05, 0.1) is 5.56 Å². The fourth-order valence-corrected chi connectivity index (χ4v) is 2.47. The van der Waals surface area contributed by atoms with Crippen LogP contribution in [0.1, 0.15) is 43.0 Å². The molecule has 136 valence electrons. The summed E-state index contributed by atoms with van der Waals surface area (Å²) < 4.78 is 51.3. The number of nitrogens with zero attached hydrogens (tertiary/aromatic N) is 1. The monoisotopic (exact) mass is 352 g/mol. The number of alkyl halides is 3. The van der Waals surface area contributed by atoms with Crippen molar-refractivity contribution >= 4 is 0 Å². The molecule has 0 bridgehead atoms. The molecule has 0 spiro atoms. The zero-order valence-corrected chi connectivity index (χ0v) is 14.6. The molecule has 2 aromatic carbocycles. The standard InChI is InChI=1S/C20H22F4N/c1-19(2,3)16-7-4-15(5-8-16)13-25-11-10-14-6-9-18(21)17(12-14)20(22,23)24/h4-9,12H,10-11,13H2,1-3H3/q-1. The van der Waals surface area contributed by atoms with Crippen LogP contribution in [-0.2, 0) is 24.6 Å². The lowest BCUT2D eigenvalue weighted by atomic mass is 9.87. The topological polar surface area (TPSA) is 14.1 Å². The molecule has 0 aromatic heterocycles. The van der Waals surface area contributed by atoms with Crippen molar-refractivity contribution in [2.24, 2.45) is 0 Å². The Hall–Kier alpha value is -1.88. The molecule has 0 amide bonds. The SMILES string of the molecule is CC(C)(C)c1ccc(C[N-]CCc2ccc(F)c(C(F)(F)F)c2)cc1. The van der Waals surface area contributed by atoms with Crippen molar-refractivity contribution in [3.8, 4) is 0 Å². The summed E-state index contributed by atoms with van der Waals surface area (Å²) in [5.74, 6) is -1.24. The minimum atomic E-state index is -4.67. The molecule has 0 aliphatic rings. The molecule has 5 heteroatoms. The molecule has 0 N–H and O–H groups in total. The van der Waals surface area contributed by atoms with Gasteiger partial charge in [-0.05, 0) is 35.1 Å². The summed E-state index contributed by atoms with van der Waals surface area (Å²) >= 11 is 0. The lowest BCUT2D eigenvalue weighted by molar-refractivity contribution is -0.140. The van der Waals surface area contributed by atoms with Crippen LogP contribution in [0.5, 0.6) is 0 Å². The summed E-state index contributed by atoms with van der Waals surface area (Å²) in [6.45, 7) is 7.33. The Morgan fingerprint density at radius 1 is 0.880 bits per heavy atom. The van der Waals surface area contributed by atoms with Crippen LogP contribution in [0.25, 0.3) is 5.32 Å². The maximum absolute atomic E-state index is 13.2. The first kappa shape index (κ1) is 19.4. The third-order valence-corrected chi connectivity index (χ3v) is 4.01. The van der Waals surface area contributed by atoms with E-state index in [1.807, 2.05) is 12.1 Å². The quantitative estimate of drug-likeness (QED) is 0.445. The molecule has 0 unspecified atom stereocenters. The number of hydrogen-bond donors (Lipinski definition) is 0. The van der Waals surface area contributed by atoms with E-state index in [1.54, 1.807) is 0 Å². The Kier molecular flexibility index (Phi) is 5.88. The molecular weight excluding hydrogens is 330 g/mol. The molecule has 2 aromatic rings. The van der Waals surface area contributed by atoms with Gasteiger partial charge >= 0.3 is 6.18 Å². The van der Waals surface area contributed by atoms with Gasteiger partial charge < -0.3 is 5.32 Å². The van der Waals surface area contributed by atoms with Crippen LogP contribution in [0.2, 0.25) is 0 Å². The summed E-state index contributed by atoms with van der Waals surface area (Å²) in [4.78, 5) is 0. The summed E-state index contributed by atoms with van der Waals surface area (Å²) in [6.07, 6.45) is -4.32. The van der Waals surface area contributed by atoms with Gasteiger partial charge in [0.1, 0.15) is 5.82 Å². The Bertz CT molecular complexity index is 697. The highest BCUT2D eigenvalue weighted by molar-refractivity contribution is 5.30. The van der Waals surface area contributed by atoms with E-state index in [0.29, 0.717) is 25.1 Å². The molecule has 1 nitrogen and oxygen atoms in total. The minimum absolute atomic E-state index is 0.0917. The van der Waals surface area contributed by atoms with Crippen molar-refractivity contribution < 1.29 is 17.6 Å². The molecule has 0 aliphatic heterocycles. The maximum atomic E-state index is 13.2. The summed E-state index contributed by atoms with van der Waals surface area (Å²) in [7, 11) is 0. The van der Waals surface area contributed by atoms with Gasteiger partial charge in [-0.15, -0.1) is 13.1 Å². The molecule has 0 saturated heterocycles. The molecule has 0 saturated carbocycles. The zero-order valence-electron chi connectivity index (χ0n) is 14.6. The fraction of sp³-hybridized carbons (Fsp3) is 0.400. The number of hydrogen-bond acceptors (Lipinski definition) is 0. The van der Waals surface area contributed by atoms with Crippen LogP contribution >= 0.6 is 0 Å². The van der Waals surface area contributed by atoms with Gasteiger partial charge in [0.15, 0.2) is 0 Å². The second kappa shape index (κ2) is 7.56. The van der Waals surface area contributed by atoms with E-state index < -0.39 is 17.6 Å². The van der Waals surface area contributed by atoms with Crippen molar-refractivity contribution in [3.05, 3.63) is 75.9 Å². The number of rotatable bonds is 5. The molecule has 0 heterocycles. The van der Waals surface area contributed by atoms with Gasteiger partial charge in [-0.2, -0.15) is 13.2 Å². The van der Waals surface area contributed by atoms with Crippen molar-refractivity contribution in [2.75, 3.05) is 6.54 Å². The summed E-state index contributed by atoms with van der Waals surface area (Å²) in [5, 5.41) is 4.37. The Labute approximate surface area is 146 Å². The van der Waals surface area contributed by atoms with Crippen LogP contribution in [-0.4, -0.2) is 6.54 Å². The molecule has 25 heavy (non-hydrogen) atoms. The van der Waals surface area contributed by atoms with Gasteiger partial charge in [0.25, 0.3) is 0 Å². The minimum Gasteiger partial charge on any atom is -0.658 e. The molecule has 0 atom stereocenters. The predicted octanol–water partition coefficient (Wildman–Crippen LogP) is 6.26. The highest BCUT2D eigenvalue weighted by atomic mass is 19.4. The highest BCUT2D eigenvalue weighted by Gasteiger charge is 2.33. The second-order valence-electron chi connectivity index (χ2n) is 7.11. The van der Waals surface area contributed by atoms with Crippen molar-refractivity contribution in [1.82, 2.24) is 0 Å². The van der Waals surface area contributed by atoms with Crippen molar-refractivity contribution in [1.29, 1.82) is 0 Å². The second-order valence-corrected chi connectivity index (χ2v) is 7.11. The van der Waals surface area contributed by atoms with Crippen molar-refractivity contribution in [2.45, 2.75) is 45.3 Å². The van der Waals surface area contributed by atoms with E-state index in [4.69, 9.17) is 0 Å². The van der Waals surface area contributed by atoms with Gasteiger partial charge in [-0.1, -0.05) is 56.7 Å². The van der Waals surface area contributed by atoms with Crippen LogP contribution in [0.15, 0.2) is 42.5 Å². The Morgan fingerprint density at radius 3 is 2.04 bits per heavy atom. The number of benzene rings is 2. The molecule has 0 fully saturated rings. The van der Waals surface area contributed by atoms with Crippen LogP contribution in [0.3, 0.4) is 0 Å². The van der Waals surface area contributed by atoms with E-state index in [-0.39, 0.29) is 5.41 Å². The fourth-order valence-electron chi connectivity index (χ4n) is 2.47. The van der Waals surface area contributed by atoms with Gasteiger partial charge in [0, 0.05) is 0 Å². The zero-order chi connectivity index (χ0) is 18.7. The van der Waals surface area contributed by atoms with E-state index in [9.17, 15) is 17.6 Å². The molecule has 0 radical (unpaired) electrons. The van der Waals surface area contributed by atoms with E-state index in [0.717, 1.165) is 17.7 Å². The summed E-state index contributed by atoms with van der Waals surface area (Å²) in [6, 6.07) is 11.3. The first-order valence-electron chi connectivity index (χ1n) is 8.15. The van der Waals surface area contributed by atoms with Gasteiger partial charge in [-0.25, -0.2) is 4.39 Å². The lowest BCUT2D eigenvalue weighted by Gasteiger charge is -2.22. The average molecular weight is 352 g/mol. The Balaban J connectivity index is 1.87. The largest absolute Gasteiger partial charge is 0.658 e. The number of halogens is 4. The first-order valence-corrected chi connectivity index (χ1v) is 8.15. The summed E-state index contributed by atoms with van der Waals surface area (Å²) in [5.41, 5.74) is 1.60. The molecular formula is C20H22F4N-. The van der Waals surface area contributed by atoms with Crippen LogP contribution in [0, 0.1) is 5.82 Å². The predicted molar refractivity (Wildman–Crippen MR) is 92.2 cm³/mol. The normalized spacial score (nSPS) is 12.4. The van der Waals surface area contributed by atoms with Gasteiger partial charge in [-0.3, -0.25) is 0 Å². The van der Waals surface area contributed by atoms with E-state index >= 15 is 0 Å². The Morgan fingerprint density at radius 2 is 1.48 bits per heavy atom. The average Bonchev–Trinajstić information content (AvgIpc) is 2.51. The first-order chi connectivity index (χ1) is 11.6. The van der Waals surface area contributed by atoms with Crippen LogP contribution in [0.4, 0.5) is 17.6 Å². The van der Waals surface area contributed by atoms with Crippen LogP contribution < -0.4 is 0 Å². The maximum Gasteiger partial charge on any atom is 0.419 e. The van der Waals surface area contributed by atoms with E-state index in [1.165, 1.54) is 11.6 Å². The van der Waals surface area contributed by atoms with Crippen molar-refractivity contribution in [3.63, 3.8) is 0 Å². The van der Waals surface area contributed by atoms with E-state index in [2.05, 4.69) is 38.2 Å². The lowest BCUT2D eigenvalue weighted by Crippen LogP contribution is -2.10. The van der Waals surface area contributed by atoms with Gasteiger partial charge in [0.2, 0.25) is 0 Å². The third-order valence-electron chi connectivity index (χ3n) is 4.01. The molecule has 2 rings (SSSR count). The smallest absolute Gasteiger partial charge is 0.419 e.